The molecule has 2 aromatic carbocycles. The molecule has 1 fully saturated rings. The number of benzene rings is 2. The van der Waals surface area contributed by atoms with Crippen LogP contribution in [-0.4, -0.2) is 52.8 Å². The Morgan fingerprint density at radius 1 is 1.09 bits per heavy atom. The molecule has 0 aliphatic carbocycles. The van der Waals surface area contributed by atoms with Crippen molar-refractivity contribution in [3.63, 3.8) is 0 Å². The van der Waals surface area contributed by atoms with Gasteiger partial charge in [0.2, 0.25) is 11.8 Å². The van der Waals surface area contributed by atoms with Crippen molar-refractivity contribution < 1.29 is 19.1 Å². The number of methoxy groups -OCH3 is 1. The highest BCUT2D eigenvalue weighted by Gasteiger charge is 2.52. The number of hydrogen-bond donors (Lipinski definition) is 0. The van der Waals surface area contributed by atoms with Gasteiger partial charge in [-0.3, -0.25) is 9.59 Å². The van der Waals surface area contributed by atoms with Crippen LogP contribution >= 0.6 is 11.6 Å². The number of ether oxygens (including phenoxy) is 1. The number of amides is 2. The molecular formula is C26H31ClN2O4. The number of nitrogens with zero attached hydrogens (tertiary/aromatic N) is 2. The topological polar surface area (TPSA) is 66.9 Å². The van der Waals surface area contributed by atoms with Gasteiger partial charge in [0.25, 0.3) is 0 Å². The first-order valence-corrected chi connectivity index (χ1v) is 11.4. The van der Waals surface area contributed by atoms with Crippen LogP contribution in [0.15, 0.2) is 42.5 Å². The summed E-state index contributed by atoms with van der Waals surface area (Å²) >= 11 is 5.99. The van der Waals surface area contributed by atoms with Gasteiger partial charge in [-0.25, -0.2) is 4.79 Å². The number of esters is 1. The summed E-state index contributed by atoms with van der Waals surface area (Å²) in [5, 5.41) is 0.590. The molecule has 2 atom stereocenters. The lowest BCUT2D eigenvalue weighted by atomic mass is 9.83. The highest BCUT2D eigenvalue weighted by molar-refractivity contribution is 6.30. The number of hydrogen-bond acceptors (Lipinski definition) is 4. The van der Waals surface area contributed by atoms with Gasteiger partial charge >= 0.3 is 5.97 Å². The van der Waals surface area contributed by atoms with E-state index in [9.17, 15) is 14.4 Å². The molecule has 1 heterocycles. The van der Waals surface area contributed by atoms with Gasteiger partial charge < -0.3 is 14.5 Å². The number of carbonyl (C=O) groups is 3. The highest BCUT2D eigenvalue weighted by atomic mass is 35.5. The summed E-state index contributed by atoms with van der Waals surface area (Å²) in [5.74, 6) is -0.872. The van der Waals surface area contributed by atoms with E-state index in [0.29, 0.717) is 18.0 Å². The molecule has 1 aliphatic heterocycles. The predicted octanol–water partition coefficient (Wildman–Crippen LogP) is 4.08. The van der Waals surface area contributed by atoms with E-state index in [1.807, 2.05) is 38.1 Å². The lowest BCUT2D eigenvalue weighted by Gasteiger charge is -2.51. The Balaban J connectivity index is 1.83. The van der Waals surface area contributed by atoms with Gasteiger partial charge in [0.05, 0.1) is 13.5 Å². The first kappa shape index (κ1) is 24.8. The van der Waals surface area contributed by atoms with Crippen molar-refractivity contribution in [2.45, 2.75) is 58.7 Å². The third-order valence-corrected chi connectivity index (χ3v) is 6.61. The summed E-state index contributed by atoms with van der Waals surface area (Å²) in [7, 11) is 1.30. The van der Waals surface area contributed by atoms with Gasteiger partial charge in [-0.2, -0.15) is 0 Å². The Morgan fingerprint density at radius 2 is 1.70 bits per heavy atom. The molecule has 1 aliphatic rings. The molecule has 0 saturated carbocycles. The standard InChI is InChI=1S/C26H31ClN2O4/c1-17-12-18(2)14-21(13-17)15-23(30)29-11-10-26(29,4)25(32)28(19(3)24(31)33-5)16-20-6-8-22(27)9-7-20/h6-9,12-14,19H,10-11,15-16H2,1-5H3/t19?,26-/m0/s1. The molecule has 3 rings (SSSR count). The van der Waals surface area contributed by atoms with E-state index in [4.69, 9.17) is 16.3 Å². The number of carbonyl (C=O) groups excluding carboxylic acids is 3. The second kappa shape index (κ2) is 9.96. The first-order chi connectivity index (χ1) is 15.5. The van der Waals surface area contributed by atoms with Gasteiger partial charge in [-0.05, 0) is 57.4 Å². The Hall–Kier alpha value is -2.86. The molecule has 2 aromatic rings. The van der Waals surface area contributed by atoms with E-state index in [0.717, 1.165) is 22.3 Å². The van der Waals surface area contributed by atoms with Gasteiger partial charge in [0, 0.05) is 18.1 Å². The number of likely N-dealkylation sites (tertiary alicyclic amines) is 1. The summed E-state index contributed by atoms with van der Waals surface area (Å²) < 4.78 is 4.91. The minimum Gasteiger partial charge on any atom is -0.467 e. The summed E-state index contributed by atoms with van der Waals surface area (Å²) in [5.41, 5.74) is 2.95. The first-order valence-electron chi connectivity index (χ1n) is 11.1. The molecule has 0 N–H and O–H groups in total. The van der Waals surface area contributed by atoms with Gasteiger partial charge in [-0.15, -0.1) is 0 Å². The zero-order chi connectivity index (χ0) is 24.3. The fraction of sp³-hybridized carbons (Fsp3) is 0.423. The van der Waals surface area contributed by atoms with Crippen molar-refractivity contribution in [2.24, 2.45) is 0 Å². The average Bonchev–Trinajstić information content (AvgIpc) is 2.75. The quantitative estimate of drug-likeness (QED) is 0.572. The van der Waals surface area contributed by atoms with Crippen LogP contribution in [0.4, 0.5) is 0 Å². The molecule has 176 valence electrons. The molecule has 0 aromatic heterocycles. The number of halogens is 1. The Bertz CT molecular complexity index is 1030. The van der Waals surface area contributed by atoms with Crippen molar-refractivity contribution in [3.05, 3.63) is 69.7 Å². The molecule has 0 bridgehead atoms. The maximum atomic E-state index is 13.8. The maximum Gasteiger partial charge on any atom is 0.328 e. The fourth-order valence-corrected chi connectivity index (χ4v) is 4.53. The largest absolute Gasteiger partial charge is 0.467 e. The van der Waals surface area contributed by atoms with E-state index in [1.165, 1.54) is 12.0 Å². The number of aryl methyl sites for hydroxylation is 2. The average molecular weight is 471 g/mol. The van der Waals surface area contributed by atoms with Crippen molar-refractivity contribution >= 4 is 29.4 Å². The van der Waals surface area contributed by atoms with Gasteiger partial charge in [0.1, 0.15) is 11.6 Å². The van der Waals surface area contributed by atoms with Crippen molar-refractivity contribution in [3.8, 4) is 0 Å². The van der Waals surface area contributed by atoms with Crippen LogP contribution in [0.5, 0.6) is 0 Å². The second-order valence-corrected chi connectivity index (χ2v) is 9.44. The van der Waals surface area contributed by atoms with E-state index in [-0.39, 0.29) is 24.8 Å². The lowest BCUT2D eigenvalue weighted by molar-refractivity contribution is -0.169. The zero-order valence-electron chi connectivity index (χ0n) is 19.9. The SMILES string of the molecule is COC(=O)C(C)N(Cc1ccc(Cl)cc1)C(=O)[C@]1(C)CCN1C(=O)Cc1cc(C)cc(C)c1. The van der Waals surface area contributed by atoms with E-state index >= 15 is 0 Å². The van der Waals surface area contributed by atoms with Crippen LogP contribution in [0.2, 0.25) is 5.02 Å². The van der Waals surface area contributed by atoms with Crippen molar-refractivity contribution in [2.75, 3.05) is 13.7 Å². The number of rotatable bonds is 7. The molecule has 0 radical (unpaired) electrons. The third-order valence-electron chi connectivity index (χ3n) is 6.35. The van der Waals surface area contributed by atoms with Crippen LogP contribution in [0, 0.1) is 13.8 Å². The normalized spacial score (nSPS) is 18.3. The summed E-state index contributed by atoms with van der Waals surface area (Å²) in [4.78, 5) is 42.4. The summed E-state index contributed by atoms with van der Waals surface area (Å²) in [6.07, 6.45) is 0.768. The van der Waals surface area contributed by atoms with Crippen LogP contribution in [-0.2, 0) is 32.1 Å². The third kappa shape index (κ3) is 5.38. The lowest BCUT2D eigenvalue weighted by Crippen LogP contribution is -2.69. The van der Waals surface area contributed by atoms with Gasteiger partial charge in [-0.1, -0.05) is 53.1 Å². The van der Waals surface area contributed by atoms with Crippen molar-refractivity contribution in [1.82, 2.24) is 9.80 Å². The summed E-state index contributed by atoms with van der Waals surface area (Å²) in [6.45, 7) is 8.14. The molecule has 2 amide bonds. The Morgan fingerprint density at radius 3 is 2.21 bits per heavy atom. The van der Waals surface area contributed by atoms with E-state index < -0.39 is 17.6 Å². The monoisotopic (exact) mass is 470 g/mol. The molecular weight excluding hydrogens is 440 g/mol. The van der Waals surface area contributed by atoms with Crippen LogP contribution in [0.1, 0.15) is 42.5 Å². The van der Waals surface area contributed by atoms with Crippen LogP contribution in [0.3, 0.4) is 0 Å². The second-order valence-electron chi connectivity index (χ2n) is 9.00. The smallest absolute Gasteiger partial charge is 0.328 e. The van der Waals surface area contributed by atoms with E-state index in [2.05, 4.69) is 6.07 Å². The van der Waals surface area contributed by atoms with Crippen LogP contribution in [0.25, 0.3) is 0 Å². The highest BCUT2D eigenvalue weighted by Crippen LogP contribution is 2.34. The molecule has 1 unspecified atom stereocenters. The van der Waals surface area contributed by atoms with Gasteiger partial charge in [0.15, 0.2) is 0 Å². The fourth-order valence-electron chi connectivity index (χ4n) is 4.40. The molecule has 1 saturated heterocycles. The zero-order valence-corrected chi connectivity index (χ0v) is 20.6. The maximum absolute atomic E-state index is 13.8. The Labute approximate surface area is 200 Å². The predicted molar refractivity (Wildman–Crippen MR) is 128 cm³/mol. The minimum absolute atomic E-state index is 0.0979. The summed E-state index contributed by atoms with van der Waals surface area (Å²) in [6, 6.07) is 12.4. The van der Waals surface area contributed by atoms with E-state index in [1.54, 1.807) is 30.9 Å². The molecule has 0 spiro atoms. The minimum atomic E-state index is -1.01. The van der Waals surface area contributed by atoms with Crippen LogP contribution < -0.4 is 0 Å². The Kier molecular flexibility index (Phi) is 7.48. The molecule has 33 heavy (non-hydrogen) atoms. The molecule has 6 nitrogen and oxygen atoms in total. The molecule has 7 heteroatoms. The van der Waals surface area contributed by atoms with Crippen molar-refractivity contribution in [1.29, 1.82) is 0 Å².